The van der Waals surface area contributed by atoms with Crippen molar-refractivity contribution < 1.29 is 14.7 Å². The largest absolute Gasteiger partial charge is 0.480 e. The van der Waals surface area contributed by atoms with Crippen molar-refractivity contribution >= 4 is 23.2 Å². The number of carbonyl (C=O) groups is 2. The van der Waals surface area contributed by atoms with Crippen molar-refractivity contribution in [1.82, 2.24) is 4.90 Å². The van der Waals surface area contributed by atoms with Crippen LogP contribution >= 0.6 is 11.3 Å². The zero-order chi connectivity index (χ0) is 14.1. The lowest BCUT2D eigenvalue weighted by molar-refractivity contribution is -0.142. The molecule has 5 heteroatoms. The summed E-state index contributed by atoms with van der Waals surface area (Å²) in [5.41, 5.74) is 2.03. The van der Waals surface area contributed by atoms with Gasteiger partial charge in [-0.25, -0.2) is 4.79 Å². The molecule has 3 rings (SSSR count). The second-order valence-corrected chi connectivity index (χ2v) is 5.68. The molecule has 0 aliphatic carbocycles. The maximum Gasteiger partial charge on any atom is 0.326 e. The molecule has 0 unspecified atom stereocenters. The summed E-state index contributed by atoms with van der Waals surface area (Å²) in [4.78, 5) is 26.0. The third-order valence-corrected chi connectivity index (χ3v) is 4.38. The number of thiophene rings is 1. The standard InChI is InChI=1S/C15H13NO3S/c17-14(13-6-3-7-20-13)16-9-11-5-2-1-4-10(11)8-12(16)15(18)19/h1-7,12H,8-9H2,(H,18,19)/t12-/m1/s1. The van der Waals surface area contributed by atoms with E-state index in [1.165, 1.54) is 16.2 Å². The Hall–Kier alpha value is -2.14. The summed E-state index contributed by atoms with van der Waals surface area (Å²) in [5.74, 6) is -1.16. The SMILES string of the molecule is O=C(O)[C@H]1Cc2ccccc2CN1C(=O)c1cccs1. The number of carbonyl (C=O) groups excluding carboxylic acids is 1. The summed E-state index contributed by atoms with van der Waals surface area (Å²) in [6, 6.07) is 10.4. The number of hydrogen-bond acceptors (Lipinski definition) is 3. The van der Waals surface area contributed by atoms with Gasteiger partial charge in [-0.1, -0.05) is 30.3 Å². The van der Waals surface area contributed by atoms with Gasteiger partial charge in [0, 0.05) is 13.0 Å². The van der Waals surface area contributed by atoms with E-state index >= 15 is 0 Å². The summed E-state index contributed by atoms with van der Waals surface area (Å²) in [5, 5.41) is 11.2. The van der Waals surface area contributed by atoms with Gasteiger partial charge in [0.25, 0.3) is 5.91 Å². The highest BCUT2D eigenvalue weighted by Crippen LogP contribution is 2.26. The van der Waals surface area contributed by atoms with Gasteiger partial charge < -0.3 is 10.0 Å². The number of benzene rings is 1. The fourth-order valence-electron chi connectivity index (χ4n) is 2.50. The molecule has 2 aromatic rings. The second kappa shape index (κ2) is 5.09. The van der Waals surface area contributed by atoms with E-state index in [0.717, 1.165) is 11.1 Å². The monoisotopic (exact) mass is 287 g/mol. The smallest absolute Gasteiger partial charge is 0.326 e. The summed E-state index contributed by atoms with van der Waals surface area (Å²) in [6.07, 6.45) is 0.364. The van der Waals surface area contributed by atoms with Crippen LogP contribution in [0.15, 0.2) is 41.8 Å². The van der Waals surface area contributed by atoms with E-state index in [1.54, 1.807) is 12.1 Å². The molecule has 0 saturated heterocycles. The van der Waals surface area contributed by atoms with E-state index in [9.17, 15) is 14.7 Å². The van der Waals surface area contributed by atoms with E-state index in [1.807, 2.05) is 29.6 Å². The number of rotatable bonds is 2. The number of amides is 1. The first-order chi connectivity index (χ1) is 9.66. The molecule has 2 heterocycles. The number of carboxylic acids is 1. The number of hydrogen-bond donors (Lipinski definition) is 1. The van der Waals surface area contributed by atoms with Crippen molar-refractivity contribution in [3.63, 3.8) is 0 Å². The van der Waals surface area contributed by atoms with Crippen LogP contribution in [0.25, 0.3) is 0 Å². The quantitative estimate of drug-likeness (QED) is 0.922. The third-order valence-electron chi connectivity index (χ3n) is 3.53. The maximum absolute atomic E-state index is 12.5. The molecule has 102 valence electrons. The molecule has 1 aliphatic heterocycles. The normalized spacial score (nSPS) is 17.6. The zero-order valence-corrected chi connectivity index (χ0v) is 11.5. The zero-order valence-electron chi connectivity index (χ0n) is 10.7. The van der Waals surface area contributed by atoms with E-state index in [4.69, 9.17) is 0 Å². The predicted octanol–water partition coefficient (Wildman–Crippen LogP) is 2.40. The van der Waals surface area contributed by atoms with Crippen LogP contribution in [0.1, 0.15) is 20.8 Å². The van der Waals surface area contributed by atoms with Crippen molar-refractivity contribution in [2.24, 2.45) is 0 Å². The minimum atomic E-state index is -0.954. The topological polar surface area (TPSA) is 57.6 Å². The summed E-state index contributed by atoms with van der Waals surface area (Å²) >= 11 is 1.34. The molecule has 0 bridgehead atoms. The van der Waals surface area contributed by atoms with Gasteiger partial charge in [-0.3, -0.25) is 4.79 Å². The minimum Gasteiger partial charge on any atom is -0.480 e. The van der Waals surface area contributed by atoms with Gasteiger partial charge in [0.15, 0.2) is 0 Å². The Morgan fingerprint density at radius 1 is 1.15 bits per heavy atom. The highest BCUT2D eigenvalue weighted by atomic mass is 32.1. The number of fused-ring (bicyclic) bond motifs is 1. The fourth-order valence-corrected chi connectivity index (χ4v) is 3.18. The van der Waals surface area contributed by atoms with Crippen LogP contribution in [0.4, 0.5) is 0 Å². The fraction of sp³-hybridized carbons (Fsp3) is 0.200. The summed E-state index contributed by atoms with van der Waals surface area (Å²) < 4.78 is 0. The number of nitrogens with zero attached hydrogens (tertiary/aromatic N) is 1. The van der Waals surface area contributed by atoms with Crippen LogP contribution in [0.5, 0.6) is 0 Å². The molecule has 1 N–H and O–H groups in total. The molecule has 0 saturated carbocycles. The molecule has 1 aromatic heterocycles. The van der Waals surface area contributed by atoms with Crippen molar-refractivity contribution in [3.05, 3.63) is 57.8 Å². The van der Waals surface area contributed by atoms with Crippen LogP contribution in [0, 0.1) is 0 Å². The molecular formula is C15H13NO3S. The molecule has 0 radical (unpaired) electrons. The van der Waals surface area contributed by atoms with Gasteiger partial charge in [0.05, 0.1) is 4.88 Å². The summed E-state index contributed by atoms with van der Waals surface area (Å²) in [7, 11) is 0. The average molecular weight is 287 g/mol. The van der Waals surface area contributed by atoms with Gasteiger partial charge in [-0.15, -0.1) is 11.3 Å². The minimum absolute atomic E-state index is 0.207. The molecule has 1 atom stereocenters. The number of aliphatic carboxylic acids is 1. The molecular weight excluding hydrogens is 274 g/mol. The lowest BCUT2D eigenvalue weighted by Gasteiger charge is -2.34. The molecule has 4 nitrogen and oxygen atoms in total. The van der Waals surface area contributed by atoms with Gasteiger partial charge in [-0.2, -0.15) is 0 Å². The highest BCUT2D eigenvalue weighted by Gasteiger charge is 2.35. The second-order valence-electron chi connectivity index (χ2n) is 4.74. The Labute approximate surface area is 120 Å². The van der Waals surface area contributed by atoms with Crippen LogP contribution in [0.2, 0.25) is 0 Å². The van der Waals surface area contributed by atoms with Gasteiger partial charge in [-0.05, 0) is 22.6 Å². The Morgan fingerprint density at radius 3 is 2.55 bits per heavy atom. The van der Waals surface area contributed by atoms with E-state index in [2.05, 4.69) is 0 Å². The van der Waals surface area contributed by atoms with E-state index in [-0.39, 0.29) is 5.91 Å². The molecule has 1 aromatic carbocycles. The first-order valence-corrected chi connectivity index (χ1v) is 7.19. The van der Waals surface area contributed by atoms with Crippen LogP contribution in [-0.2, 0) is 17.8 Å². The Bertz CT molecular complexity index is 651. The van der Waals surface area contributed by atoms with Gasteiger partial charge in [0.1, 0.15) is 6.04 Å². The first kappa shape index (κ1) is 12.9. The van der Waals surface area contributed by atoms with Crippen molar-refractivity contribution in [2.75, 3.05) is 0 Å². The van der Waals surface area contributed by atoms with E-state index < -0.39 is 12.0 Å². The Kier molecular flexibility index (Phi) is 3.28. The van der Waals surface area contributed by atoms with Crippen LogP contribution in [-0.4, -0.2) is 27.9 Å². The van der Waals surface area contributed by atoms with Crippen LogP contribution in [0.3, 0.4) is 0 Å². The van der Waals surface area contributed by atoms with Crippen molar-refractivity contribution in [2.45, 2.75) is 19.0 Å². The number of carboxylic acid groups (broad SMARTS) is 1. The van der Waals surface area contributed by atoms with Crippen molar-refractivity contribution in [3.8, 4) is 0 Å². The first-order valence-electron chi connectivity index (χ1n) is 6.31. The summed E-state index contributed by atoms with van der Waals surface area (Å²) in [6.45, 7) is 0.351. The molecule has 0 spiro atoms. The maximum atomic E-state index is 12.5. The molecule has 0 fully saturated rings. The lowest BCUT2D eigenvalue weighted by atomic mass is 9.94. The lowest BCUT2D eigenvalue weighted by Crippen LogP contribution is -2.48. The van der Waals surface area contributed by atoms with Crippen LogP contribution < -0.4 is 0 Å². The van der Waals surface area contributed by atoms with E-state index in [0.29, 0.717) is 17.8 Å². The van der Waals surface area contributed by atoms with Gasteiger partial charge >= 0.3 is 5.97 Å². The molecule has 1 amide bonds. The molecule has 20 heavy (non-hydrogen) atoms. The highest BCUT2D eigenvalue weighted by molar-refractivity contribution is 7.12. The molecule has 1 aliphatic rings. The average Bonchev–Trinajstić information content (AvgIpc) is 2.99. The third kappa shape index (κ3) is 2.20. The van der Waals surface area contributed by atoms with Gasteiger partial charge in [0.2, 0.25) is 0 Å². The Balaban J connectivity index is 1.96. The Morgan fingerprint density at radius 2 is 1.90 bits per heavy atom. The predicted molar refractivity (Wildman–Crippen MR) is 75.8 cm³/mol. The van der Waals surface area contributed by atoms with Crippen molar-refractivity contribution in [1.29, 1.82) is 0 Å².